The van der Waals surface area contributed by atoms with Crippen LogP contribution in [0.2, 0.25) is 0 Å². The molecule has 0 N–H and O–H groups in total. The predicted molar refractivity (Wildman–Crippen MR) is 71.0 cm³/mol. The van der Waals surface area contributed by atoms with Crippen LogP contribution < -0.4 is 0 Å². The summed E-state index contributed by atoms with van der Waals surface area (Å²) in [7, 11) is 0. The van der Waals surface area contributed by atoms with Crippen LogP contribution in [0.1, 0.15) is 46.0 Å². The Hall–Kier alpha value is -1.04. The number of allylic oxidation sites excluding steroid dienone is 8. The van der Waals surface area contributed by atoms with E-state index in [0.717, 1.165) is 32.1 Å². The molecular formula is C15H24. The van der Waals surface area contributed by atoms with Crippen LogP contribution in [0.3, 0.4) is 0 Å². The summed E-state index contributed by atoms with van der Waals surface area (Å²) >= 11 is 0. The van der Waals surface area contributed by atoms with Gasteiger partial charge in [0.1, 0.15) is 0 Å². The summed E-state index contributed by atoms with van der Waals surface area (Å²) in [6.45, 7) is 4.32. The van der Waals surface area contributed by atoms with Gasteiger partial charge in [-0.05, 0) is 32.1 Å². The highest BCUT2D eigenvalue weighted by Crippen LogP contribution is 1.94. The van der Waals surface area contributed by atoms with Crippen molar-refractivity contribution in [2.75, 3.05) is 0 Å². The third-order valence-electron chi connectivity index (χ3n) is 1.95. The maximum atomic E-state index is 2.22. The molecule has 0 fully saturated rings. The Labute approximate surface area is 95.1 Å². The van der Waals surface area contributed by atoms with Crippen molar-refractivity contribution in [3.63, 3.8) is 0 Å². The van der Waals surface area contributed by atoms with Crippen molar-refractivity contribution in [2.24, 2.45) is 0 Å². The van der Waals surface area contributed by atoms with Crippen LogP contribution in [0.5, 0.6) is 0 Å². The molecule has 0 heterocycles. The molecule has 0 bridgehead atoms. The zero-order valence-electron chi connectivity index (χ0n) is 10.2. The van der Waals surface area contributed by atoms with Gasteiger partial charge in [-0.1, -0.05) is 62.5 Å². The fourth-order valence-electron chi connectivity index (χ4n) is 1.15. The SMILES string of the molecule is CC/C=C\C/C=C\C/C=C\C/C=C\CC. The van der Waals surface area contributed by atoms with Crippen LogP contribution in [0.15, 0.2) is 48.6 Å². The maximum Gasteiger partial charge on any atom is -0.0169 e. The Balaban J connectivity index is 3.36. The van der Waals surface area contributed by atoms with E-state index in [-0.39, 0.29) is 0 Å². The normalized spacial score (nSPS) is 12.9. The number of hydrogen-bond acceptors (Lipinski definition) is 0. The second-order valence-corrected chi connectivity index (χ2v) is 3.41. The highest BCUT2D eigenvalue weighted by Gasteiger charge is 1.73. The van der Waals surface area contributed by atoms with Gasteiger partial charge in [-0.3, -0.25) is 0 Å². The van der Waals surface area contributed by atoms with Crippen molar-refractivity contribution in [3.8, 4) is 0 Å². The quantitative estimate of drug-likeness (QED) is 0.477. The van der Waals surface area contributed by atoms with E-state index in [1.807, 2.05) is 0 Å². The van der Waals surface area contributed by atoms with Crippen LogP contribution in [0, 0.1) is 0 Å². The fraction of sp³-hybridized carbons (Fsp3) is 0.467. The Morgan fingerprint density at radius 1 is 0.467 bits per heavy atom. The Morgan fingerprint density at radius 3 is 1.00 bits per heavy atom. The van der Waals surface area contributed by atoms with E-state index in [4.69, 9.17) is 0 Å². The van der Waals surface area contributed by atoms with Crippen LogP contribution >= 0.6 is 0 Å². The summed E-state index contributed by atoms with van der Waals surface area (Å²) in [5.74, 6) is 0. The molecule has 84 valence electrons. The molecule has 0 unspecified atom stereocenters. The van der Waals surface area contributed by atoms with Crippen LogP contribution in [-0.4, -0.2) is 0 Å². The summed E-state index contributed by atoms with van der Waals surface area (Å²) in [5, 5.41) is 0. The molecule has 0 amide bonds. The zero-order valence-corrected chi connectivity index (χ0v) is 10.2. The van der Waals surface area contributed by atoms with E-state index in [1.54, 1.807) is 0 Å². The van der Waals surface area contributed by atoms with E-state index in [1.165, 1.54) is 0 Å². The number of rotatable bonds is 8. The molecule has 0 heteroatoms. The average Bonchev–Trinajstić information content (AvgIpc) is 2.26. The summed E-state index contributed by atoms with van der Waals surface area (Å²) < 4.78 is 0. The first-order chi connectivity index (χ1) is 7.41. The van der Waals surface area contributed by atoms with Gasteiger partial charge in [-0.2, -0.15) is 0 Å². The molecule has 0 aromatic rings. The second kappa shape index (κ2) is 13.0. The highest BCUT2D eigenvalue weighted by molar-refractivity contribution is 4.99. The van der Waals surface area contributed by atoms with Crippen molar-refractivity contribution in [1.29, 1.82) is 0 Å². The van der Waals surface area contributed by atoms with Crippen molar-refractivity contribution in [2.45, 2.75) is 46.0 Å². The largest absolute Gasteiger partial charge is 0.0885 e. The minimum absolute atomic E-state index is 1.06. The van der Waals surface area contributed by atoms with E-state index >= 15 is 0 Å². The van der Waals surface area contributed by atoms with Crippen molar-refractivity contribution in [3.05, 3.63) is 48.6 Å². The molecule has 0 saturated carbocycles. The van der Waals surface area contributed by atoms with Gasteiger partial charge in [-0.25, -0.2) is 0 Å². The smallest absolute Gasteiger partial charge is 0.0169 e. The minimum Gasteiger partial charge on any atom is -0.0885 e. The lowest BCUT2D eigenvalue weighted by atomic mass is 10.2. The lowest BCUT2D eigenvalue weighted by Crippen LogP contribution is -1.63. The van der Waals surface area contributed by atoms with Gasteiger partial charge >= 0.3 is 0 Å². The third kappa shape index (κ3) is 13.0. The van der Waals surface area contributed by atoms with Crippen LogP contribution in [0.25, 0.3) is 0 Å². The minimum atomic E-state index is 1.06. The lowest BCUT2D eigenvalue weighted by Gasteiger charge is -1.84. The highest BCUT2D eigenvalue weighted by atomic mass is 13.8. The molecule has 0 rings (SSSR count). The van der Waals surface area contributed by atoms with E-state index in [9.17, 15) is 0 Å². The van der Waals surface area contributed by atoms with Gasteiger partial charge in [0, 0.05) is 0 Å². The van der Waals surface area contributed by atoms with Gasteiger partial charge in [0.05, 0.1) is 0 Å². The van der Waals surface area contributed by atoms with Crippen molar-refractivity contribution >= 4 is 0 Å². The molecule has 0 spiro atoms. The van der Waals surface area contributed by atoms with Crippen molar-refractivity contribution in [1.82, 2.24) is 0 Å². The molecule has 0 aromatic carbocycles. The standard InChI is InChI=1S/C15H24/c1-3-5-7-9-11-13-15-14-12-10-8-6-4-2/h5-8,11-14H,3-4,9-10,15H2,1-2H3/b7-5-,8-6-,13-11-,14-12-. The second-order valence-electron chi connectivity index (χ2n) is 3.41. The van der Waals surface area contributed by atoms with Gasteiger partial charge < -0.3 is 0 Å². The molecule has 0 aliphatic carbocycles. The molecule has 0 saturated heterocycles. The Morgan fingerprint density at radius 2 is 0.733 bits per heavy atom. The first-order valence-electron chi connectivity index (χ1n) is 6.01. The van der Waals surface area contributed by atoms with E-state index in [2.05, 4.69) is 62.5 Å². The summed E-state index contributed by atoms with van der Waals surface area (Å²) in [5.41, 5.74) is 0. The Kier molecular flexibility index (Phi) is 12.1. The van der Waals surface area contributed by atoms with Gasteiger partial charge in [0.2, 0.25) is 0 Å². The first kappa shape index (κ1) is 14.0. The molecular weight excluding hydrogens is 180 g/mol. The van der Waals surface area contributed by atoms with Crippen molar-refractivity contribution < 1.29 is 0 Å². The summed E-state index contributed by atoms with van der Waals surface area (Å²) in [4.78, 5) is 0. The van der Waals surface area contributed by atoms with E-state index in [0.29, 0.717) is 0 Å². The zero-order chi connectivity index (χ0) is 11.2. The molecule has 0 aliphatic rings. The predicted octanol–water partition coefficient (Wildman–Crippen LogP) is 5.20. The van der Waals surface area contributed by atoms with Gasteiger partial charge in [0.15, 0.2) is 0 Å². The summed E-state index contributed by atoms with van der Waals surface area (Å²) in [6.07, 6.45) is 23.2. The monoisotopic (exact) mass is 204 g/mol. The number of hydrogen-bond donors (Lipinski definition) is 0. The Bertz CT molecular complexity index is 192. The third-order valence-corrected chi connectivity index (χ3v) is 1.95. The van der Waals surface area contributed by atoms with Crippen LogP contribution in [-0.2, 0) is 0 Å². The fourth-order valence-corrected chi connectivity index (χ4v) is 1.15. The molecule has 0 nitrogen and oxygen atoms in total. The van der Waals surface area contributed by atoms with E-state index < -0.39 is 0 Å². The average molecular weight is 204 g/mol. The maximum absolute atomic E-state index is 2.22. The van der Waals surface area contributed by atoms with Gasteiger partial charge in [-0.15, -0.1) is 0 Å². The molecule has 15 heavy (non-hydrogen) atoms. The molecule has 0 aromatic heterocycles. The first-order valence-corrected chi connectivity index (χ1v) is 6.01. The molecule has 0 aliphatic heterocycles. The molecule has 0 atom stereocenters. The topological polar surface area (TPSA) is 0 Å². The molecule has 0 radical (unpaired) electrons. The van der Waals surface area contributed by atoms with Crippen LogP contribution in [0.4, 0.5) is 0 Å². The van der Waals surface area contributed by atoms with Gasteiger partial charge in [0.25, 0.3) is 0 Å². The lowest BCUT2D eigenvalue weighted by molar-refractivity contribution is 1.19. The summed E-state index contributed by atoms with van der Waals surface area (Å²) in [6, 6.07) is 0.